The lowest BCUT2D eigenvalue weighted by molar-refractivity contribution is -0.255. The maximum atomic E-state index is 11.7. The number of piperidine rings is 1. The minimum atomic E-state index is -0.506. The lowest BCUT2D eigenvalue weighted by Gasteiger charge is -2.52. The van der Waals surface area contributed by atoms with Crippen LogP contribution in [-0.4, -0.2) is 41.4 Å². The first-order chi connectivity index (χ1) is 9.49. The van der Waals surface area contributed by atoms with Gasteiger partial charge >= 0.3 is 12.1 Å². The van der Waals surface area contributed by atoms with Gasteiger partial charge in [-0.25, -0.2) is 9.59 Å². The number of hydroxylamine groups is 2. The van der Waals surface area contributed by atoms with E-state index in [4.69, 9.17) is 9.57 Å². The number of carbonyl (C=O) groups is 2. The molecule has 0 atom stereocenters. The van der Waals surface area contributed by atoms with Gasteiger partial charge in [0.05, 0.1) is 11.1 Å². The Morgan fingerprint density at radius 1 is 1.19 bits per heavy atom. The highest BCUT2D eigenvalue weighted by atomic mass is 16.7. The van der Waals surface area contributed by atoms with Gasteiger partial charge in [0, 0.05) is 25.5 Å². The van der Waals surface area contributed by atoms with E-state index in [1.165, 1.54) is 7.05 Å². The van der Waals surface area contributed by atoms with Crippen molar-refractivity contribution in [3.8, 4) is 0 Å². The molecule has 0 saturated carbocycles. The zero-order valence-electron chi connectivity index (χ0n) is 13.8. The molecule has 1 heterocycles. The number of esters is 1. The molecule has 1 aliphatic rings. The molecule has 1 aliphatic heterocycles. The van der Waals surface area contributed by atoms with E-state index in [0.29, 0.717) is 18.4 Å². The largest absolute Gasteiger partial charge is 0.459 e. The molecule has 0 unspecified atom stereocenters. The molecule has 0 aromatic heterocycles. The third-order valence-electron chi connectivity index (χ3n) is 3.55. The maximum absolute atomic E-state index is 11.7. The van der Waals surface area contributed by atoms with E-state index in [2.05, 4.69) is 11.9 Å². The number of nitrogens with one attached hydrogen (secondary N) is 1. The highest BCUT2D eigenvalue weighted by Gasteiger charge is 2.49. The summed E-state index contributed by atoms with van der Waals surface area (Å²) in [6, 6.07) is 0. The Labute approximate surface area is 126 Å². The van der Waals surface area contributed by atoms with Crippen molar-refractivity contribution in [2.45, 2.75) is 64.6 Å². The minimum Gasteiger partial charge on any atom is -0.459 e. The van der Waals surface area contributed by atoms with Crippen molar-refractivity contribution in [1.29, 1.82) is 0 Å². The van der Waals surface area contributed by atoms with Crippen LogP contribution in [-0.2, 0) is 14.4 Å². The molecule has 0 aromatic rings. The van der Waals surface area contributed by atoms with Crippen LogP contribution in [0.4, 0.5) is 4.79 Å². The molecule has 0 aliphatic carbocycles. The fraction of sp³-hybridized carbons (Fsp3) is 0.733. The summed E-state index contributed by atoms with van der Waals surface area (Å²) in [6.45, 7) is 13.1. The topological polar surface area (TPSA) is 67.9 Å². The van der Waals surface area contributed by atoms with Crippen LogP contribution < -0.4 is 5.32 Å². The molecule has 0 bridgehead atoms. The molecule has 1 rings (SSSR count). The second-order valence-corrected chi connectivity index (χ2v) is 6.76. The molecule has 0 radical (unpaired) electrons. The quantitative estimate of drug-likeness (QED) is 0.640. The Kier molecular flexibility index (Phi) is 5.04. The average Bonchev–Trinajstić information content (AvgIpc) is 2.32. The second kappa shape index (κ2) is 6.05. The zero-order valence-corrected chi connectivity index (χ0v) is 13.8. The van der Waals surface area contributed by atoms with E-state index >= 15 is 0 Å². The number of carbonyl (C=O) groups excluding carboxylic acids is 2. The Bertz CT molecular complexity index is 425. The van der Waals surface area contributed by atoms with Crippen molar-refractivity contribution in [3.63, 3.8) is 0 Å². The highest BCUT2D eigenvalue weighted by molar-refractivity contribution is 5.87. The van der Waals surface area contributed by atoms with Crippen LogP contribution in [0, 0.1) is 0 Å². The van der Waals surface area contributed by atoms with Crippen LogP contribution in [0.25, 0.3) is 0 Å². The second-order valence-electron chi connectivity index (χ2n) is 6.76. The summed E-state index contributed by atoms with van der Waals surface area (Å²) in [7, 11) is 1.52. The van der Waals surface area contributed by atoms with Gasteiger partial charge in [0.1, 0.15) is 6.10 Å². The van der Waals surface area contributed by atoms with Gasteiger partial charge in [0.2, 0.25) is 0 Å². The summed E-state index contributed by atoms with van der Waals surface area (Å²) in [5.41, 5.74) is -0.516. The van der Waals surface area contributed by atoms with Crippen LogP contribution in [0.2, 0.25) is 0 Å². The number of ether oxygens (including phenoxy) is 1. The predicted octanol–water partition coefficient (Wildman–Crippen LogP) is 2.40. The van der Waals surface area contributed by atoms with Crippen LogP contribution in [0.1, 0.15) is 47.5 Å². The summed E-state index contributed by atoms with van der Waals surface area (Å²) in [4.78, 5) is 28.6. The van der Waals surface area contributed by atoms with E-state index in [9.17, 15) is 9.59 Å². The van der Waals surface area contributed by atoms with Gasteiger partial charge in [-0.1, -0.05) is 6.58 Å². The molecule has 1 amide bonds. The lowest BCUT2D eigenvalue weighted by atomic mass is 9.80. The van der Waals surface area contributed by atoms with E-state index in [1.54, 1.807) is 12.0 Å². The summed E-state index contributed by atoms with van der Waals surface area (Å²) in [6.07, 6.45) is 0.413. The summed E-state index contributed by atoms with van der Waals surface area (Å²) < 4.78 is 5.48. The standard InChI is InChI=1S/C15H26N2O4/c1-10(2)12(18)20-11-8-14(3,4)17(15(5,6)9-11)21-13(19)16-7/h11H,1,8-9H2,2-7H3,(H,16,19). The van der Waals surface area contributed by atoms with Gasteiger partial charge in [-0.2, -0.15) is 0 Å². The molecule has 0 spiro atoms. The van der Waals surface area contributed by atoms with Crippen molar-refractivity contribution in [2.75, 3.05) is 7.05 Å². The summed E-state index contributed by atoms with van der Waals surface area (Å²) in [5.74, 6) is -0.382. The average molecular weight is 298 g/mol. The first-order valence-electron chi connectivity index (χ1n) is 7.06. The van der Waals surface area contributed by atoms with Crippen molar-refractivity contribution in [3.05, 3.63) is 12.2 Å². The molecule has 1 fully saturated rings. The van der Waals surface area contributed by atoms with Crippen molar-refractivity contribution in [2.24, 2.45) is 0 Å². The summed E-state index contributed by atoms with van der Waals surface area (Å²) >= 11 is 0. The Hall–Kier alpha value is -1.56. The smallest absolute Gasteiger partial charge is 0.426 e. The van der Waals surface area contributed by atoms with E-state index in [-0.39, 0.29) is 12.1 Å². The molecule has 120 valence electrons. The Morgan fingerprint density at radius 2 is 1.67 bits per heavy atom. The molecule has 6 heteroatoms. The molecule has 21 heavy (non-hydrogen) atoms. The third kappa shape index (κ3) is 4.20. The first-order valence-corrected chi connectivity index (χ1v) is 7.06. The van der Waals surface area contributed by atoms with Crippen LogP contribution in [0.5, 0.6) is 0 Å². The number of rotatable bonds is 3. The van der Waals surface area contributed by atoms with E-state index < -0.39 is 17.2 Å². The fourth-order valence-electron chi connectivity index (χ4n) is 2.88. The minimum absolute atomic E-state index is 0.233. The molecule has 6 nitrogen and oxygen atoms in total. The first kappa shape index (κ1) is 17.5. The van der Waals surface area contributed by atoms with E-state index in [0.717, 1.165) is 0 Å². The number of hydrogen-bond acceptors (Lipinski definition) is 5. The van der Waals surface area contributed by atoms with Crippen molar-refractivity contribution >= 4 is 12.1 Å². The van der Waals surface area contributed by atoms with Gasteiger partial charge < -0.3 is 14.9 Å². The van der Waals surface area contributed by atoms with Crippen LogP contribution >= 0.6 is 0 Å². The third-order valence-corrected chi connectivity index (χ3v) is 3.55. The zero-order chi connectivity index (χ0) is 16.4. The SMILES string of the molecule is C=C(C)C(=O)OC1CC(C)(C)N(OC(=O)NC)C(C)(C)C1. The molecular weight excluding hydrogens is 272 g/mol. The van der Waals surface area contributed by atoms with Crippen molar-refractivity contribution < 1.29 is 19.2 Å². The molecule has 1 saturated heterocycles. The number of nitrogens with zero attached hydrogens (tertiary/aromatic N) is 1. The molecule has 0 aromatic carbocycles. The lowest BCUT2D eigenvalue weighted by Crippen LogP contribution is -2.63. The van der Waals surface area contributed by atoms with Gasteiger partial charge in [0.25, 0.3) is 0 Å². The fourth-order valence-corrected chi connectivity index (χ4v) is 2.88. The van der Waals surface area contributed by atoms with Crippen molar-refractivity contribution in [1.82, 2.24) is 10.4 Å². The highest BCUT2D eigenvalue weighted by Crippen LogP contribution is 2.39. The van der Waals surface area contributed by atoms with Gasteiger partial charge in [-0.3, -0.25) is 0 Å². The van der Waals surface area contributed by atoms with E-state index in [1.807, 2.05) is 27.7 Å². The van der Waals surface area contributed by atoms with Crippen LogP contribution in [0.3, 0.4) is 0 Å². The Balaban J connectivity index is 2.89. The normalized spacial score (nSPS) is 21.4. The van der Waals surface area contributed by atoms with Gasteiger partial charge in [-0.05, 0) is 34.6 Å². The summed E-state index contributed by atoms with van der Waals surface area (Å²) in [5, 5.41) is 4.13. The maximum Gasteiger partial charge on any atom is 0.426 e. The van der Waals surface area contributed by atoms with Gasteiger partial charge in [-0.15, -0.1) is 5.06 Å². The van der Waals surface area contributed by atoms with Crippen LogP contribution in [0.15, 0.2) is 12.2 Å². The van der Waals surface area contributed by atoms with Gasteiger partial charge in [0.15, 0.2) is 0 Å². The number of hydrogen-bond donors (Lipinski definition) is 1. The monoisotopic (exact) mass is 298 g/mol. The molecular formula is C15H26N2O4. The predicted molar refractivity (Wildman–Crippen MR) is 79.5 cm³/mol. The number of amides is 1. The Morgan fingerprint density at radius 3 is 2.05 bits per heavy atom. The molecule has 1 N–H and O–H groups in total.